The number of alkyl halides is 3. The number of fused-ring (bicyclic) bond motifs is 3. The van der Waals surface area contributed by atoms with Crippen LogP contribution in [0, 0.1) is 23.7 Å². The topological polar surface area (TPSA) is 107 Å². The highest BCUT2D eigenvalue weighted by Gasteiger charge is 2.69. The van der Waals surface area contributed by atoms with Gasteiger partial charge < -0.3 is 18.6 Å². The largest absolute Gasteiger partial charge is 0.423 e. The second-order valence-corrected chi connectivity index (χ2v) is 12.2. The van der Waals surface area contributed by atoms with Gasteiger partial charge in [0.25, 0.3) is 0 Å². The van der Waals surface area contributed by atoms with Gasteiger partial charge in [-0.2, -0.15) is 13.2 Å². The first-order chi connectivity index (χ1) is 20.0. The van der Waals surface area contributed by atoms with Crippen LogP contribution in [0.25, 0.3) is 16.7 Å². The summed E-state index contributed by atoms with van der Waals surface area (Å²) in [6, 6.07) is 4.50. The fourth-order valence-corrected chi connectivity index (χ4v) is 7.41. The molecule has 0 radical (unpaired) electrons. The molecule has 2 aromatic heterocycles. The van der Waals surface area contributed by atoms with Crippen molar-refractivity contribution in [2.24, 2.45) is 23.7 Å². The fourth-order valence-electron chi connectivity index (χ4n) is 7.41. The number of nitrogens with zero attached hydrogens (tertiary/aromatic N) is 3. The van der Waals surface area contributed by atoms with Crippen LogP contribution in [0.3, 0.4) is 0 Å². The Morgan fingerprint density at radius 2 is 1.95 bits per heavy atom. The molecule has 8 rings (SSSR count). The van der Waals surface area contributed by atoms with Crippen molar-refractivity contribution in [2.45, 2.75) is 83.0 Å². The molecule has 0 unspecified atom stereocenters. The Balaban J connectivity index is 1.05. The molecule has 4 aliphatic heterocycles. The molecular formula is C29H32F3N3O7. The van der Waals surface area contributed by atoms with Crippen molar-refractivity contribution >= 4 is 11.0 Å². The lowest BCUT2D eigenvalue weighted by Crippen LogP contribution is -2.70. The fraction of sp³-hybridized carbons (Fsp3) is 0.621. The van der Waals surface area contributed by atoms with E-state index in [9.17, 15) is 18.0 Å². The van der Waals surface area contributed by atoms with Crippen molar-refractivity contribution in [3.8, 4) is 5.69 Å². The van der Waals surface area contributed by atoms with Crippen LogP contribution in [-0.4, -0.2) is 45.6 Å². The number of benzene rings is 1. The molecule has 1 saturated carbocycles. The summed E-state index contributed by atoms with van der Waals surface area (Å²) in [5.74, 6) is 0.0675. The number of rotatable bonds is 5. The molecule has 3 aromatic rings. The molecule has 1 aliphatic carbocycles. The molecule has 226 valence electrons. The molecule has 5 fully saturated rings. The molecule has 1 aromatic carbocycles. The monoisotopic (exact) mass is 591 g/mol. The Kier molecular flexibility index (Phi) is 6.55. The first-order valence-corrected chi connectivity index (χ1v) is 14.4. The third-order valence-corrected chi connectivity index (χ3v) is 9.58. The third kappa shape index (κ3) is 4.48. The minimum Gasteiger partial charge on any atom is -0.423 e. The summed E-state index contributed by atoms with van der Waals surface area (Å²) in [6.45, 7) is 6.57. The summed E-state index contributed by atoms with van der Waals surface area (Å²) in [4.78, 5) is 23.8. The highest BCUT2D eigenvalue weighted by molar-refractivity contribution is 5.82. The molecule has 6 heterocycles. The van der Waals surface area contributed by atoms with E-state index in [-0.39, 0.29) is 28.7 Å². The zero-order valence-electron chi connectivity index (χ0n) is 23.4. The molecule has 4 saturated heterocycles. The lowest BCUT2D eigenvalue weighted by atomic mass is 9.58. The smallest absolute Gasteiger partial charge is 0.417 e. The van der Waals surface area contributed by atoms with E-state index in [4.69, 9.17) is 28.4 Å². The SMILES string of the molecule is C[C@H]1[C@@H](OCCc2cn(-c3ccc4c(C(F)(F)F)cc(=O)oc4c3)nn2)O[C@@H]2O[C@@]3(C)CC[C@H]4[C@H](C)CC[C@@H]1[C@@]24OO3. The van der Waals surface area contributed by atoms with Crippen LogP contribution in [0.2, 0.25) is 0 Å². The highest BCUT2D eigenvalue weighted by Crippen LogP contribution is 2.60. The van der Waals surface area contributed by atoms with Gasteiger partial charge in [-0.1, -0.05) is 19.1 Å². The van der Waals surface area contributed by atoms with Crippen LogP contribution in [0.5, 0.6) is 0 Å². The maximum absolute atomic E-state index is 13.4. The number of aromatic nitrogens is 3. The van der Waals surface area contributed by atoms with Crippen LogP contribution in [0.4, 0.5) is 13.2 Å². The van der Waals surface area contributed by atoms with Gasteiger partial charge in [0.15, 0.2) is 18.2 Å². The van der Waals surface area contributed by atoms with Gasteiger partial charge in [-0.3, -0.25) is 0 Å². The Labute approximate surface area is 238 Å². The lowest BCUT2D eigenvalue weighted by Gasteiger charge is -2.60. The summed E-state index contributed by atoms with van der Waals surface area (Å²) in [5.41, 5.74) is -1.96. The van der Waals surface area contributed by atoms with Crippen molar-refractivity contribution in [1.29, 1.82) is 0 Å². The van der Waals surface area contributed by atoms with Gasteiger partial charge in [-0.05, 0) is 50.2 Å². The van der Waals surface area contributed by atoms with E-state index in [2.05, 4.69) is 24.2 Å². The normalized spacial score (nSPS) is 36.1. The molecule has 42 heavy (non-hydrogen) atoms. The van der Waals surface area contributed by atoms with Gasteiger partial charge in [-0.15, -0.1) is 5.10 Å². The predicted molar refractivity (Wildman–Crippen MR) is 139 cm³/mol. The standard InChI is InChI=1S/C29H32F3N3O7/c1-15-4-7-21-16(2)25(39-26-28(21)20(15)8-10-27(3,40-26)41-42-28)37-11-9-17-14-35(34-33-17)18-5-6-19-22(29(30,31)32)13-24(36)38-23(19)12-18/h5-6,12-16,20-21,25-26H,4,7-11H2,1-3H3/t15-,16-,20+,21+,25+,26-,27-,28-/m1/s1. The first-order valence-electron chi connectivity index (χ1n) is 14.4. The van der Waals surface area contributed by atoms with Crippen LogP contribution in [-0.2, 0) is 36.6 Å². The van der Waals surface area contributed by atoms with E-state index in [1.165, 1.54) is 22.9 Å². The molecule has 13 heteroatoms. The molecule has 0 N–H and O–H groups in total. The summed E-state index contributed by atoms with van der Waals surface area (Å²) in [5, 5.41) is 8.07. The molecular weight excluding hydrogens is 559 g/mol. The summed E-state index contributed by atoms with van der Waals surface area (Å²) in [7, 11) is 0. The van der Waals surface area contributed by atoms with Crippen LogP contribution < -0.4 is 5.63 Å². The number of ether oxygens (including phenoxy) is 3. The van der Waals surface area contributed by atoms with Crippen molar-refractivity contribution in [1.82, 2.24) is 15.0 Å². The van der Waals surface area contributed by atoms with Gasteiger partial charge in [0.2, 0.25) is 5.79 Å². The Hall–Kier alpha value is -2.84. The average Bonchev–Trinajstić information content (AvgIpc) is 3.29. The maximum Gasteiger partial charge on any atom is 0.417 e. The average molecular weight is 592 g/mol. The molecule has 2 bridgehead atoms. The quantitative estimate of drug-likeness (QED) is 0.294. The second-order valence-electron chi connectivity index (χ2n) is 12.2. The predicted octanol–water partition coefficient (Wildman–Crippen LogP) is 5.16. The van der Waals surface area contributed by atoms with E-state index in [1.807, 2.05) is 6.92 Å². The Morgan fingerprint density at radius 1 is 1.12 bits per heavy atom. The minimum absolute atomic E-state index is 0.0374. The number of halogens is 3. The molecule has 10 nitrogen and oxygen atoms in total. The maximum atomic E-state index is 13.4. The van der Waals surface area contributed by atoms with Crippen LogP contribution in [0.15, 0.2) is 39.7 Å². The highest BCUT2D eigenvalue weighted by atomic mass is 19.4. The van der Waals surface area contributed by atoms with Gasteiger partial charge in [0, 0.05) is 42.2 Å². The van der Waals surface area contributed by atoms with Gasteiger partial charge in [-0.25, -0.2) is 19.3 Å². The van der Waals surface area contributed by atoms with Crippen LogP contribution in [0.1, 0.15) is 57.7 Å². The van der Waals surface area contributed by atoms with Crippen molar-refractivity contribution in [2.75, 3.05) is 6.61 Å². The van der Waals surface area contributed by atoms with E-state index in [0.717, 1.165) is 25.7 Å². The minimum atomic E-state index is -4.69. The second kappa shape index (κ2) is 9.84. The van der Waals surface area contributed by atoms with Crippen molar-refractivity contribution in [3.05, 3.63) is 52.1 Å². The Bertz CT molecular complexity index is 1560. The van der Waals surface area contributed by atoms with Gasteiger partial charge >= 0.3 is 11.8 Å². The lowest BCUT2D eigenvalue weighted by molar-refractivity contribution is -0.577. The van der Waals surface area contributed by atoms with Crippen molar-refractivity contribution in [3.63, 3.8) is 0 Å². The van der Waals surface area contributed by atoms with E-state index >= 15 is 0 Å². The van der Waals surface area contributed by atoms with Crippen molar-refractivity contribution < 1.29 is 41.6 Å². The third-order valence-electron chi connectivity index (χ3n) is 9.58. The number of hydrogen-bond acceptors (Lipinski definition) is 9. The first kappa shape index (κ1) is 28.0. The zero-order chi connectivity index (χ0) is 29.4. The van der Waals surface area contributed by atoms with Gasteiger partial charge in [0.1, 0.15) is 5.58 Å². The van der Waals surface area contributed by atoms with Gasteiger partial charge in [0.05, 0.1) is 29.7 Å². The van der Waals surface area contributed by atoms with E-state index < -0.39 is 41.3 Å². The van der Waals surface area contributed by atoms with Crippen LogP contribution >= 0.6 is 0 Å². The molecule has 1 spiro atoms. The Morgan fingerprint density at radius 3 is 2.76 bits per heavy atom. The van der Waals surface area contributed by atoms with E-state index in [1.54, 1.807) is 6.20 Å². The zero-order valence-corrected chi connectivity index (χ0v) is 23.4. The summed E-state index contributed by atoms with van der Waals surface area (Å²) < 4.78 is 65.7. The molecule has 0 amide bonds. The molecule has 8 atom stereocenters. The summed E-state index contributed by atoms with van der Waals surface area (Å²) >= 11 is 0. The van der Waals surface area contributed by atoms with E-state index in [0.29, 0.717) is 36.4 Å². The summed E-state index contributed by atoms with van der Waals surface area (Å²) in [6.07, 6.45) is 0.0414. The number of hydrogen-bond donors (Lipinski definition) is 0. The molecule has 5 aliphatic rings.